The van der Waals surface area contributed by atoms with Crippen molar-refractivity contribution in [3.8, 4) is 0 Å². The van der Waals surface area contributed by atoms with Crippen LogP contribution < -0.4 is 11.1 Å². The van der Waals surface area contributed by atoms with Gasteiger partial charge < -0.3 is 20.7 Å². The van der Waals surface area contributed by atoms with Gasteiger partial charge in [0, 0.05) is 39.2 Å². The van der Waals surface area contributed by atoms with Gasteiger partial charge >= 0.3 is 0 Å². The van der Waals surface area contributed by atoms with Crippen LogP contribution in [0.3, 0.4) is 0 Å². The van der Waals surface area contributed by atoms with E-state index in [1.807, 2.05) is 24.0 Å². The zero-order valence-corrected chi connectivity index (χ0v) is 13.9. The number of amides is 1. The van der Waals surface area contributed by atoms with Crippen LogP contribution in [0.5, 0.6) is 0 Å². The van der Waals surface area contributed by atoms with Crippen molar-refractivity contribution in [2.24, 2.45) is 10.7 Å². The Hall–Kier alpha value is -2.08. The third-order valence-electron chi connectivity index (χ3n) is 3.84. The number of fused-ring (bicyclic) bond motifs is 1. The summed E-state index contributed by atoms with van der Waals surface area (Å²) in [4.78, 5) is 18.4. The van der Waals surface area contributed by atoms with Crippen LogP contribution >= 0.6 is 0 Å². The lowest BCUT2D eigenvalue weighted by atomic mass is 10.1. The SMILES string of the molecule is COCC(C)NC(N)=NCCCC(=O)N1Cc2ccccc2C1. The number of ether oxygens (including phenoxy) is 1. The Labute approximate surface area is 137 Å². The van der Waals surface area contributed by atoms with Crippen molar-refractivity contribution in [3.05, 3.63) is 35.4 Å². The number of methoxy groups -OCH3 is 1. The second kappa shape index (κ2) is 8.53. The molecule has 0 fully saturated rings. The molecule has 23 heavy (non-hydrogen) atoms. The summed E-state index contributed by atoms with van der Waals surface area (Å²) < 4.78 is 5.02. The second-order valence-corrected chi connectivity index (χ2v) is 5.89. The average molecular weight is 318 g/mol. The fourth-order valence-corrected chi connectivity index (χ4v) is 2.69. The number of hydrogen-bond donors (Lipinski definition) is 2. The van der Waals surface area contributed by atoms with Gasteiger partial charge in [-0.3, -0.25) is 9.79 Å². The lowest BCUT2D eigenvalue weighted by Crippen LogP contribution is -2.40. The van der Waals surface area contributed by atoms with Gasteiger partial charge in [-0.2, -0.15) is 0 Å². The second-order valence-electron chi connectivity index (χ2n) is 5.89. The summed E-state index contributed by atoms with van der Waals surface area (Å²) in [5, 5.41) is 3.04. The first-order chi connectivity index (χ1) is 11.1. The highest BCUT2D eigenvalue weighted by molar-refractivity contribution is 5.78. The molecule has 1 aliphatic heterocycles. The molecule has 1 aromatic carbocycles. The molecule has 0 bridgehead atoms. The Bertz CT molecular complexity index is 534. The molecule has 0 saturated carbocycles. The summed E-state index contributed by atoms with van der Waals surface area (Å²) in [6.07, 6.45) is 1.20. The lowest BCUT2D eigenvalue weighted by Gasteiger charge is -2.15. The molecule has 1 amide bonds. The number of nitrogens with two attached hydrogens (primary N) is 1. The smallest absolute Gasteiger partial charge is 0.223 e. The van der Waals surface area contributed by atoms with Gasteiger partial charge in [-0.1, -0.05) is 24.3 Å². The largest absolute Gasteiger partial charge is 0.383 e. The predicted molar refractivity (Wildman–Crippen MR) is 90.9 cm³/mol. The molecule has 1 unspecified atom stereocenters. The van der Waals surface area contributed by atoms with Crippen LogP contribution in [-0.4, -0.2) is 43.1 Å². The molecule has 0 aromatic heterocycles. The molecule has 0 spiro atoms. The maximum Gasteiger partial charge on any atom is 0.223 e. The Morgan fingerprint density at radius 1 is 1.39 bits per heavy atom. The summed E-state index contributed by atoms with van der Waals surface area (Å²) in [5.41, 5.74) is 8.29. The monoisotopic (exact) mass is 318 g/mol. The maximum absolute atomic E-state index is 12.2. The molecular formula is C17H26N4O2. The third-order valence-corrected chi connectivity index (χ3v) is 3.84. The summed E-state index contributed by atoms with van der Waals surface area (Å²) in [7, 11) is 1.65. The van der Waals surface area contributed by atoms with Crippen LogP contribution in [0.1, 0.15) is 30.9 Å². The van der Waals surface area contributed by atoms with Crippen molar-refractivity contribution < 1.29 is 9.53 Å². The van der Waals surface area contributed by atoms with E-state index in [1.165, 1.54) is 11.1 Å². The number of carbonyl (C=O) groups excluding carboxylic acids is 1. The minimum atomic E-state index is 0.119. The van der Waals surface area contributed by atoms with Crippen LogP contribution in [-0.2, 0) is 22.6 Å². The highest BCUT2D eigenvalue weighted by Gasteiger charge is 2.22. The van der Waals surface area contributed by atoms with E-state index in [-0.39, 0.29) is 11.9 Å². The summed E-state index contributed by atoms with van der Waals surface area (Å²) in [6, 6.07) is 8.32. The van der Waals surface area contributed by atoms with E-state index in [2.05, 4.69) is 22.4 Å². The van der Waals surface area contributed by atoms with E-state index in [1.54, 1.807) is 7.11 Å². The first-order valence-electron chi connectivity index (χ1n) is 8.00. The molecule has 6 nitrogen and oxygen atoms in total. The minimum Gasteiger partial charge on any atom is -0.383 e. The highest BCUT2D eigenvalue weighted by atomic mass is 16.5. The molecule has 0 radical (unpaired) electrons. The number of nitrogens with zero attached hydrogens (tertiary/aromatic N) is 2. The van der Waals surface area contributed by atoms with Crippen molar-refractivity contribution in [2.45, 2.75) is 38.9 Å². The van der Waals surface area contributed by atoms with E-state index in [9.17, 15) is 4.79 Å². The Balaban J connectivity index is 1.68. The number of nitrogens with one attached hydrogen (secondary N) is 1. The van der Waals surface area contributed by atoms with Crippen LogP contribution in [0.4, 0.5) is 0 Å². The van der Waals surface area contributed by atoms with Gasteiger partial charge in [-0.15, -0.1) is 0 Å². The first-order valence-corrected chi connectivity index (χ1v) is 8.00. The number of aliphatic imine (C=N–C) groups is 1. The standard InChI is InChI=1S/C17H26N4O2/c1-13(12-23-2)20-17(18)19-9-5-8-16(22)21-10-14-6-3-4-7-15(14)11-21/h3-4,6-7,13H,5,8-12H2,1-2H3,(H3,18,19,20). The Morgan fingerprint density at radius 2 is 2.04 bits per heavy atom. The van der Waals surface area contributed by atoms with E-state index in [0.29, 0.717) is 32.0 Å². The van der Waals surface area contributed by atoms with E-state index in [0.717, 1.165) is 13.1 Å². The van der Waals surface area contributed by atoms with Crippen LogP contribution in [0.15, 0.2) is 29.3 Å². The van der Waals surface area contributed by atoms with Gasteiger partial charge in [0.15, 0.2) is 5.96 Å². The van der Waals surface area contributed by atoms with E-state index < -0.39 is 0 Å². The maximum atomic E-state index is 12.2. The van der Waals surface area contributed by atoms with Gasteiger partial charge in [0.1, 0.15) is 0 Å². The van der Waals surface area contributed by atoms with Gasteiger partial charge in [0.25, 0.3) is 0 Å². The molecule has 1 atom stereocenters. The zero-order valence-electron chi connectivity index (χ0n) is 13.9. The average Bonchev–Trinajstić information content (AvgIpc) is 2.95. The van der Waals surface area contributed by atoms with E-state index in [4.69, 9.17) is 10.5 Å². The molecule has 6 heteroatoms. The molecule has 126 valence electrons. The Kier molecular flexibility index (Phi) is 6.40. The van der Waals surface area contributed by atoms with Crippen molar-refractivity contribution in [2.75, 3.05) is 20.3 Å². The molecule has 3 N–H and O–H groups in total. The zero-order chi connectivity index (χ0) is 16.7. The van der Waals surface area contributed by atoms with Crippen molar-refractivity contribution in [3.63, 3.8) is 0 Å². The normalized spacial score (nSPS) is 15.4. The molecule has 0 aliphatic carbocycles. The topological polar surface area (TPSA) is 80.0 Å². The quantitative estimate of drug-likeness (QED) is 0.450. The van der Waals surface area contributed by atoms with E-state index >= 15 is 0 Å². The number of rotatable bonds is 7. The van der Waals surface area contributed by atoms with Crippen molar-refractivity contribution in [1.82, 2.24) is 10.2 Å². The summed E-state index contributed by atoms with van der Waals surface area (Å²) in [5.74, 6) is 0.575. The molecule has 1 heterocycles. The molecule has 1 aliphatic rings. The molecule has 0 saturated heterocycles. The molecule has 2 rings (SSSR count). The van der Waals surface area contributed by atoms with Gasteiger partial charge in [0.2, 0.25) is 5.91 Å². The third kappa shape index (κ3) is 5.25. The Morgan fingerprint density at radius 3 is 2.65 bits per heavy atom. The van der Waals surface area contributed by atoms with Crippen LogP contribution in [0, 0.1) is 0 Å². The molecular weight excluding hydrogens is 292 g/mol. The summed E-state index contributed by atoms with van der Waals surface area (Å²) >= 11 is 0. The van der Waals surface area contributed by atoms with Crippen LogP contribution in [0.25, 0.3) is 0 Å². The molecule has 1 aromatic rings. The van der Waals surface area contributed by atoms with Crippen LogP contribution in [0.2, 0.25) is 0 Å². The number of carbonyl (C=O) groups is 1. The fourth-order valence-electron chi connectivity index (χ4n) is 2.69. The predicted octanol–water partition coefficient (Wildman–Crippen LogP) is 1.25. The van der Waals surface area contributed by atoms with Gasteiger partial charge in [0.05, 0.1) is 6.61 Å². The van der Waals surface area contributed by atoms with Crippen molar-refractivity contribution >= 4 is 11.9 Å². The first kappa shape index (κ1) is 17.3. The van der Waals surface area contributed by atoms with Gasteiger partial charge in [-0.05, 0) is 24.5 Å². The fraction of sp³-hybridized carbons (Fsp3) is 0.529. The van der Waals surface area contributed by atoms with Crippen molar-refractivity contribution in [1.29, 1.82) is 0 Å². The lowest BCUT2D eigenvalue weighted by molar-refractivity contribution is -0.131. The summed E-state index contributed by atoms with van der Waals surface area (Å²) in [6.45, 7) is 4.53. The van der Waals surface area contributed by atoms with Gasteiger partial charge in [-0.25, -0.2) is 0 Å². The number of guanidine groups is 1. The number of benzene rings is 1. The number of hydrogen-bond acceptors (Lipinski definition) is 3. The minimum absolute atomic E-state index is 0.119. The highest BCUT2D eigenvalue weighted by Crippen LogP contribution is 2.22.